The first-order chi connectivity index (χ1) is 11.7. The highest BCUT2D eigenvalue weighted by atomic mass is 16.5. The first-order valence-electron chi connectivity index (χ1n) is 8.13. The Labute approximate surface area is 141 Å². The topological polar surface area (TPSA) is 90.8 Å². The number of aliphatic hydroxyl groups excluding tert-OH is 1. The first-order valence-corrected chi connectivity index (χ1v) is 8.13. The molecule has 0 fully saturated rings. The Morgan fingerprint density at radius 3 is 2.67 bits per heavy atom. The Kier molecular flexibility index (Phi) is 7.32. The predicted molar refractivity (Wildman–Crippen MR) is 93.6 cm³/mol. The van der Waals surface area contributed by atoms with Gasteiger partial charge in [-0.05, 0) is 30.8 Å². The smallest absolute Gasteiger partial charge is 0.404 e. The Hall–Kier alpha value is -2.31. The summed E-state index contributed by atoms with van der Waals surface area (Å²) in [4.78, 5) is 10.3. The number of benzene rings is 2. The molecule has 0 heterocycles. The fraction of sp³-hybridized carbons (Fsp3) is 0.389. The van der Waals surface area contributed by atoms with Crippen molar-refractivity contribution in [3.05, 3.63) is 42.5 Å². The molecule has 6 heteroatoms. The van der Waals surface area contributed by atoms with Crippen LogP contribution in [0.15, 0.2) is 42.5 Å². The summed E-state index contributed by atoms with van der Waals surface area (Å²) in [5.41, 5.74) is 0. The number of fused-ring (bicyclic) bond motifs is 1. The molecule has 6 nitrogen and oxygen atoms in total. The summed E-state index contributed by atoms with van der Waals surface area (Å²) in [7, 11) is 0. The molecule has 0 saturated heterocycles. The third-order valence-electron chi connectivity index (χ3n) is 3.62. The molecule has 1 amide bonds. The molecule has 0 aliphatic heterocycles. The zero-order chi connectivity index (χ0) is 17.2. The van der Waals surface area contributed by atoms with E-state index in [2.05, 4.69) is 10.6 Å². The molecule has 0 aromatic heterocycles. The van der Waals surface area contributed by atoms with Gasteiger partial charge >= 0.3 is 6.09 Å². The number of ether oxygens (including phenoxy) is 1. The number of amides is 1. The number of carbonyl (C=O) groups is 1. The van der Waals surface area contributed by atoms with Gasteiger partial charge in [-0.1, -0.05) is 36.4 Å². The maximum atomic E-state index is 10.3. The molecule has 0 saturated carbocycles. The second-order valence-electron chi connectivity index (χ2n) is 5.59. The quantitative estimate of drug-likeness (QED) is 0.501. The Morgan fingerprint density at radius 1 is 1.08 bits per heavy atom. The molecule has 2 aromatic carbocycles. The zero-order valence-electron chi connectivity index (χ0n) is 13.6. The normalized spacial score (nSPS) is 12.0. The van der Waals surface area contributed by atoms with Crippen LogP contribution >= 0.6 is 0 Å². The van der Waals surface area contributed by atoms with E-state index in [9.17, 15) is 9.90 Å². The molecule has 1 unspecified atom stereocenters. The average molecular weight is 332 g/mol. The summed E-state index contributed by atoms with van der Waals surface area (Å²) < 4.78 is 5.74. The van der Waals surface area contributed by atoms with Gasteiger partial charge < -0.3 is 25.6 Å². The van der Waals surface area contributed by atoms with Gasteiger partial charge in [-0.25, -0.2) is 4.79 Å². The van der Waals surface area contributed by atoms with Gasteiger partial charge in [-0.15, -0.1) is 0 Å². The van der Waals surface area contributed by atoms with E-state index < -0.39 is 12.2 Å². The summed E-state index contributed by atoms with van der Waals surface area (Å²) in [5.74, 6) is 0.770. The lowest BCUT2D eigenvalue weighted by Gasteiger charge is -2.14. The molecule has 0 bridgehead atoms. The summed E-state index contributed by atoms with van der Waals surface area (Å²) in [6.07, 6.45) is 0.0177. The van der Waals surface area contributed by atoms with Crippen LogP contribution in [0.4, 0.5) is 4.79 Å². The maximum Gasteiger partial charge on any atom is 0.404 e. The van der Waals surface area contributed by atoms with Gasteiger partial charge in [0.05, 0.1) is 0 Å². The van der Waals surface area contributed by atoms with Gasteiger partial charge in [-0.2, -0.15) is 0 Å². The van der Waals surface area contributed by atoms with Crippen molar-refractivity contribution in [1.29, 1.82) is 0 Å². The lowest BCUT2D eigenvalue weighted by Crippen LogP contribution is -2.32. The Bertz CT molecular complexity index is 642. The molecule has 0 spiro atoms. The van der Waals surface area contributed by atoms with Crippen LogP contribution in [-0.2, 0) is 0 Å². The van der Waals surface area contributed by atoms with Crippen LogP contribution in [0.2, 0.25) is 0 Å². The minimum absolute atomic E-state index is 0.224. The van der Waals surface area contributed by atoms with Crippen LogP contribution in [0.5, 0.6) is 5.75 Å². The van der Waals surface area contributed by atoms with Crippen molar-refractivity contribution in [2.24, 2.45) is 0 Å². The monoisotopic (exact) mass is 332 g/mol. The number of hydrogen-bond donors (Lipinski definition) is 4. The van der Waals surface area contributed by atoms with Crippen LogP contribution in [0.25, 0.3) is 10.8 Å². The molecule has 130 valence electrons. The standard InChI is InChI=1S/C18H24N2O4/c21-15(12-19-10-3-4-11-20-18(22)23)13-24-17-9-5-7-14-6-1-2-8-16(14)17/h1-2,5-9,15,19-21H,3-4,10-13H2,(H,22,23). The molecule has 2 aromatic rings. The molecule has 1 atom stereocenters. The molecule has 4 N–H and O–H groups in total. The van der Waals surface area contributed by atoms with Crippen molar-refractivity contribution in [3.8, 4) is 5.75 Å². The van der Waals surface area contributed by atoms with E-state index in [0.29, 0.717) is 13.1 Å². The predicted octanol–water partition coefficient (Wildman–Crippen LogP) is 2.22. The highest BCUT2D eigenvalue weighted by molar-refractivity contribution is 5.88. The fourth-order valence-electron chi connectivity index (χ4n) is 2.41. The molecule has 24 heavy (non-hydrogen) atoms. The number of aliphatic hydroxyl groups is 1. The number of hydrogen-bond acceptors (Lipinski definition) is 4. The van der Waals surface area contributed by atoms with Crippen LogP contribution in [0, 0.1) is 0 Å². The van der Waals surface area contributed by atoms with Gasteiger partial charge in [-0.3, -0.25) is 0 Å². The number of rotatable bonds is 10. The van der Waals surface area contributed by atoms with Gasteiger partial charge in [0.2, 0.25) is 0 Å². The lowest BCUT2D eigenvalue weighted by molar-refractivity contribution is 0.107. The van der Waals surface area contributed by atoms with E-state index in [1.807, 2.05) is 42.5 Å². The molecular weight excluding hydrogens is 308 g/mol. The fourth-order valence-corrected chi connectivity index (χ4v) is 2.41. The summed E-state index contributed by atoms with van der Waals surface area (Å²) >= 11 is 0. The number of carboxylic acid groups (broad SMARTS) is 1. The van der Waals surface area contributed by atoms with E-state index >= 15 is 0 Å². The highest BCUT2D eigenvalue weighted by Crippen LogP contribution is 2.25. The molecule has 0 radical (unpaired) electrons. The van der Waals surface area contributed by atoms with Crippen molar-refractivity contribution in [1.82, 2.24) is 10.6 Å². The van der Waals surface area contributed by atoms with Crippen LogP contribution in [-0.4, -0.2) is 48.7 Å². The second kappa shape index (κ2) is 9.75. The number of nitrogens with one attached hydrogen (secondary N) is 2. The van der Waals surface area contributed by atoms with Crippen LogP contribution in [0.1, 0.15) is 12.8 Å². The highest BCUT2D eigenvalue weighted by Gasteiger charge is 2.07. The second-order valence-corrected chi connectivity index (χ2v) is 5.59. The van der Waals surface area contributed by atoms with Crippen molar-refractivity contribution in [3.63, 3.8) is 0 Å². The summed E-state index contributed by atoms with van der Waals surface area (Å²) in [5, 5.41) is 26.0. The summed E-state index contributed by atoms with van der Waals surface area (Å²) in [6, 6.07) is 13.8. The molecule has 0 aliphatic rings. The Balaban J connectivity index is 1.64. The van der Waals surface area contributed by atoms with Crippen molar-refractivity contribution >= 4 is 16.9 Å². The first kappa shape index (κ1) is 18.0. The minimum Gasteiger partial charge on any atom is -0.490 e. The maximum absolute atomic E-state index is 10.3. The Morgan fingerprint density at radius 2 is 1.83 bits per heavy atom. The molecule has 0 aliphatic carbocycles. The summed E-state index contributed by atoms with van der Waals surface area (Å²) in [6.45, 7) is 1.84. The third kappa shape index (κ3) is 6.06. The number of unbranched alkanes of at least 4 members (excludes halogenated alkanes) is 1. The zero-order valence-corrected chi connectivity index (χ0v) is 13.6. The van der Waals surface area contributed by atoms with Crippen molar-refractivity contribution in [2.45, 2.75) is 18.9 Å². The van der Waals surface area contributed by atoms with Crippen molar-refractivity contribution < 1.29 is 19.7 Å². The van der Waals surface area contributed by atoms with E-state index in [1.54, 1.807) is 0 Å². The van der Waals surface area contributed by atoms with Gasteiger partial charge in [0.1, 0.15) is 18.5 Å². The van der Waals surface area contributed by atoms with Crippen LogP contribution in [0.3, 0.4) is 0 Å². The van der Waals surface area contributed by atoms with E-state index in [1.165, 1.54) is 0 Å². The van der Waals surface area contributed by atoms with Gasteiger partial charge in [0.15, 0.2) is 0 Å². The van der Waals surface area contributed by atoms with E-state index in [-0.39, 0.29) is 6.61 Å². The minimum atomic E-state index is -0.996. The van der Waals surface area contributed by atoms with Gasteiger partial charge in [0.25, 0.3) is 0 Å². The average Bonchev–Trinajstić information content (AvgIpc) is 2.58. The van der Waals surface area contributed by atoms with Gasteiger partial charge in [0, 0.05) is 18.5 Å². The molecular formula is C18H24N2O4. The van der Waals surface area contributed by atoms with E-state index in [4.69, 9.17) is 9.84 Å². The lowest BCUT2D eigenvalue weighted by atomic mass is 10.1. The SMILES string of the molecule is O=C(O)NCCCCNCC(O)COc1cccc2ccccc12. The third-order valence-corrected chi connectivity index (χ3v) is 3.62. The largest absolute Gasteiger partial charge is 0.490 e. The van der Waals surface area contributed by atoms with Crippen molar-refractivity contribution in [2.75, 3.05) is 26.2 Å². The van der Waals surface area contributed by atoms with E-state index in [0.717, 1.165) is 35.9 Å². The van der Waals surface area contributed by atoms with Crippen LogP contribution < -0.4 is 15.4 Å². The molecule has 2 rings (SSSR count).